The van der Waals surface area contributed by atoms with Gasteiger partial charge < -0.3 is 9.88 Å². The highest BCUT2D eigenvalue weighted by Gasteiger charge is 2.18. The van der Waals surface area contributed by atoms with Crippen molar-refractivity contribution in [2.24, 2.45) is 0 Å². The standard InChI is InChI=1S/C18H20N4O/c1-4-22-16-8-6-5-7-15(16)21-17(22)13(3)20-18(23)14-10-9-12(2)19-11-14/h5-11,13H,4H2,1-3H3,(H,20,23). The van der Waals surface area contributed by atoms with Crippen molar-refractivity contribution in [2.45, 2.75) is 33.4 Å². The van der Waals surface area contributed by atoms with E-state index in [-0.39, 0.29) is 11.9 Å². The minimum atomic E-state index is -0.184. The van der Waals surface area contributed by atoms with Crippen molar-refractivity contribution in [3.05, 3.63) is 59.7 Å². The second-order valence-electron chi connectivity index (χ2n) is 5.59. The molecule has 3 rings (SSSR count). The summed E-state index contributed by atoms with van der Waals surface area (Å²) in [5.41, 5.74) is 3.48. The van der Waals surface area contributed by atoms with Gasteiger partial charge in [-0.2, -0.15) is 0 Å². The van der Waals surface area contributed by atoms with Gasteiger partial charge in [-0.3, -0.25) is 9.78 Å². The summed E-state index contributed by atoms with van der Waals surface area (Å²) >= 11 is 0. The number of fused-ring (bicyclic) bond motifs is 1. The van der Waals surface area contributed by atoms with Crippen LogP contribution in [-0.2, 0) is 6.54 Å². The average molecular weight is 308 g/mol. The number of rotatable bonds is 4. The number of hydrogen-bond acceptors (Lipinski definition) is 3. The quantitative estimate of drug-likeness (QED) is 0.805. The molecule has 0 spiro atoms. The van der Waals surface area contributed by atoms with E-state index >= 15 is 0 Å². The number of nitrogens with one attached hydrogen (secondary N) is 1. The Kier molecular flexibility index (Phi) is 4.10. The molecular weight excluding hydrogens is 288 g/mol. The van der Waals surface area contributed by atoms with Gasteiger partial charge in [-0.1, -0.05) is 12.1 Å². The van der Waals surface area contributed by atoms with Crippen molar-refractivity contribution < 1.29 is 4.79 Å². The first-order valence-electron chi connectivity index (χ1n) is 7.79. The van der Waals surface area contributed by atoms with Gasteiger partial charge in [0.15, 0.2) is 0 Å². The number of hydrogen-bond donors (Lipinski definition) is 1. The number of aromatic nitrogens is 3. The summed E-state index contributed by atoms with van der Waals surface area (Å²) in [6.45, 7) is 6.74. The Bertz CT molecular complexity index is 836. The van der Waals surface area contributed by atoms with Gasteiger partial charge >= 0.3 is 0 Å². The van der Waals surface area contributed by atoms with Gasteiger partial charge in [0, 0.05) is 18.4 Å². The van der Waals surface area contributed by atoms with E-state index < -0.39 is 0 Å². The zero-order valence-electron chi connectivity index (χ0n) is 13.6. The number of benzene rings is 1. The summed E-state index contributed by atoms with van der Waals surface area (Å²) in [4.78, 5) is 21.2. The molecule has 5 heteroatoms. The maximum atomic E-state index is 12.4. The zero-order chi connectivity index (χ0) is 16.4. The Hall–Kier alpha value is -2.69. The molecule has 0 saturated carbocycles. The summed E-state index contributed by atoms with van der Waals surface area (Å²) in [5.74, 6) is 0.724. The van der Waals surface area contributed by atoms with E-state index in [9.17, 15) is 4.79 Å². The third-order valence-corrected chi connectivity index (χ3v) is 3.91. The van der Waals surface area contributed by atoms with Crippen LogP contribution in [0.3, 0.4) is 0 Å². The number of amides is 1. The second-order valence-corrected chi connectivity index (χ2v) is 5.59. The Morgan fingerprint density at radius 1 is 1.26 bits per heavy atom. The lowest BCUT2D eigenvalue weighted by Gasteiger charge is -2.15. The Morgan fingerprint density at radius 3 is 2.74 bits per heavy atom. The molecular formula is C18H20N4O. The van der Waals surface area contributed by atoms with E-state index in [4.69, 9.17) is 0 Å². The van der Waals surface area contributed by atoms with E-state index in [1.807, 2.05) is 44.2 Å². The summed E-state index contributed by atoms with van der Waals surface area (Å²) in [7, 11) is 0. The monoisotopic (exact) mass is 308 g/mol. The number of imidazole rings is 1. The highest BCUT2D eigenvalue weighted by atomic mass is 16.1. The van der Waals surface area contributed by atoms with Crippen molar-refractivity contribution in [1.29, 1.82) is 0 Å². The molecule has 118 valence electrons. The molecule has 2 heterocycles. The number of aryl methyl sites for hydroxylation is 2. The van der Waals surface area contributed by atoms with Crippen molar-refractivity contribution in [3.8, 4) is 0 Å². The molecule has 1 N–H and O–H groups in total. The predicted molar refractivity (Wildman–Crippen MR) is 90.3 cm³/mol. The summed E-state index contributed by atoms with van der Waals surface area (Å²) in [6.07, 6.45) is 1.60. The lowest BCUT2D eigenvalue weighted by molar-refractivity contribution is 0.0937. The molecule has 5 nitrogen and oxygen atoms in total. The van der Waals surface area contributed by atoms with Crippen LogP contribution >= 0.6 is 0 Å². The smallest absolute Gasteiger partial charge is 0.253 e. The van der Waals surface area contributed by atoms with Crippen molar-refractivity contribution in [1.82, 2.24) is 19.9 Å². The van der Waals surface area contributed by atoms with E-state index in [1.54, 1.807) is 12.3 Å². The van der Waals surface area contributed by atoms with Crippen molar-refractivity contribution in [3.63, 3.8) is 0 Å². The van der Waals surface area contributed by atoms with Crippen molar-refractivity contribution in [2.75, 3.05) is 0 Å². The minimum absolute atomic E-state index is 0.139. The first-order valence-corrected chi connectivity index (χ1v) is 7.79. The normalized spacial score (nSPS) is 12.3. The molecule has 2 aromatic heterocycles. The van der Waals surface area contributed by atoms with Gasteiger partial charge in [-0.15, -0.1) is 0 Å². The maximum Gasteiger partial charge on any atom is 0.253 e. The highest BCUT2D eigenvalue weighted by Crippen LogP contribution is 2.21. The fourth-order valence-electron chi connectivity index (χ4n) is 2.70. The maximum absolute atomic E-state index is 12.4. The first kappa shape index (κ1) is 15.2. The number of carbonyl (C=O) groups excluding carboxylic acids is 1. The van der Waals surface area contributed by atoms with Gasteiger partial charge in [0.2, 0.25) is 0 Å². The second kappa shape index (κ2) is 6.20. The Labute approximate surface area is 135 Å². The van der Waals surface area contributed by atoms with Crippen LogP contribution in [0.15, 0.2) is 42.6 Å². The van der Waals surface area contributed by atoms with Crippen LogP contribution in [0.4, 0.5) is 0 Å². The van der Waals surface area contributed by atoms with E-state index in [0.29, 0.717) is 5.56 Å². The van der Waals surface area contributed by atoms with E-state index in [0.717, 1.165) is 29.1 Å². The molecule has 3 aromatic rings. The topological polar surface area (TPSA) is 59.8 Å². The van der Waals surface area contributed by atoms with Gasteiger partial charge in [0.25, 0.3) is 5.91 Å². The molecule has 0 aliphatic rings. The first-order chi connectivity index (χ1) is 11.1. The van der Waals surface area contributed by atoms with Crippen LogP contribution < -0.4 is 5.32 Å². The minimum Gasteiger partial charge on any atom is -0.342 e. The summed E-state index contributed by atoms with van der Waals surface area (Å²) < 4.78 is 2.13. The summed E-state index contributed by atoms with van der Waals surface area (Å²) in [6, 6.07) is 11.4. The fourth-order valence-corrected chi connectivity index (χ4v) is 2.70. The van der Waals surface area contributed by atoms with Crippen LogP contribution in [0, 0.1) is 6.92 Å². The molecule has 1 atom stereocenters. The lowest BCUT2D eigenvalue weighted by atomic mass is 10.2. The molecule has 23 heavy (non-hydrogen) atoms. The molecule has 0 aliphatic heterocycles. The van der Waals surface area contributed by atoms with Gasteiger partial charge in [0.05, 0.1) is 22.6 Å². The molecule has 0 aliphatic carbocycles. The van der Waals surface area contributed by atoms with E-state index in [2.05, 4.69) is 26.8 Å². The molecule has 0 fully saturated rings. The third-order valence-electron chi connectivity index (χ3n) is 3.91. The largest absolute Gasteiger partial charge is 0.342 e. The summed E-state index contributed by atoms with van der Waals surface area (Å²) in [5, 5.41) is 3.01. The fraction of sp³-hybridized carbons (Fsp3) is 0.278. The van der Waals surface area contributed by atoms with Crippen LogP contribution in [0.2, 0.25) is 0 Å². The molecule has 1 amide bonds. The zero-order valence-corrected chi connectivity index (χ0v) is 13.6. The number of carbonyl (C=O) groups is 1. The molecule has 0 saturated heterocycles. The van der Waals surface area contributed by atoms with Crippen LogP contribution in [-0.4, -0.2) is 20.4 Å². The average Bonchev–Trinajstić information content (AvgIpc) is 2.94. The van der Waals surface area contributed by atoms with Crippen LogP contribution in [0.25, 0.3) is 11.0 Å². The van der Waals surface area contributed by atoms with Crippen LogP contribution in [0.1, 0.15) is 41.8 Å². The number of nitrogens with zero attached hydrogens (tertiary/aromatic N) is 3. The van der Waals surface area contributed by atoms with Gasteiger partial charge in [-0.25, -0.2) is 4.98 Å². The molecule has 0 bridgehead atoms. The highest BCUT2D eigenvalue weighted by molar-refractivity contribution is 5.94. The van der Waals surface area contributed by atoms with Crippen molar-refractivity contribution >= 4 is 16.9 Å². The predicted octanol–water partition coefficient (Wildman–Crippen LogP) is 3.25. The Balaban J connectivity index is 1.87. The lowest BCUT2D eigenvalue weighted by Crippen LogP contribution is -2.28. The van der Waals surface area contributed by atoms with Gasteiger partial charge in [0.1, 0.15) is 5.82 Å². The third kappa shape index (κ3) is 2.95. The Morgan fingerprint density at radius 2 is 2.04 bits per heavy atom. The number of pyridine rings is 1. The van der Waals surface area contributed by atoms with Crippen LogP contribution in [0.5, 0.6) is 0 Å². The van der Waals surface area contributed by atoms with Gasteiger partial charge in [-0.05, 0) is 45.0 Å². The molecule has 1 aromatic carbocycles. The molecule has 1 unspecified atom stereocenters. The number of para-hydroxylation sites is 2. The van der Waals surface area contributed by atoms with E-state index in [1.165, 1.54) is 0 Å². The molecule has 0 radical (unpaired) electrons. The SMILES string of the molecule is CCn1c(C(C)NC(=O)c2ccc(C)nc2)nc2ccccc21.